The minimum Gasteiger partial charge on any atom is -0.452 e. The Morgan fingerprint density at radius 3 is 2.62 bits per heavy atom. The van der Waals surface area contributed by atoms with Gasteiger partial charge in [-0.25, -0.2) is 4.79 Å². The van der Waals surface area contributed by atoms with Gasteiger partial charge in [0.05, 0.1) is 5.56 Å². The Labute approximate surface area is 123 Å². The smallest absolute Gasteiger partial charge is 0.338 e. The average Bonchev–Trinajstić information content (AvgIpc) is 2.43. The van der Waals surface area contributed by atoms with E-state index in [2.05, 4.69) is 18.8 Å². The van der Waals surface area contributed by atoms with Crippen LogP contribution in [0.25, 0.3) is 0 Å². The third-order valence-electron chi connectivity index (χ3n) is 3.56. The highest BCUT2D eigenvalue weighted by molar-refractivity contribution is 5.91. The first-order valence-corrected chi connectivity index (χ1v) is 7.09. The van der Waals surface area contributed by atoms with Crippen LogP contribution in [0.4, 0.5) is 0 Å². The molecule has 2 heterocycles. The molecule has 0 unspecified atom stereocenters. The maximum Gasteiger partial charge on any atom is 0.338 e. The second-order valence-electron chi connectivity index (χ2n) is 5.76. The number of esters is 1. The topological polar surface area (TPSA) is 79.5 Å². The summed E-state index contributed by atoms with van der Waals surface area (Å²) in [6.45, 7) is 5.33. The minimum atomic E-state index is -0.660. The Morgan fingerprint density at radius 1 is 1.33 bits per heavy atom. The Kier molecular flexibility index (Phi) is 4.77. The molecule has 0 bridgehead atoms. The fourth-order valence-electron chi connectivity index (χ4n) is 2.74. The molecule has 2 rings (SSSR count). The van der Waals surface area contributed by atoms with Crippen LogP contribution in [0, 0.1) is 11.8 Å². The van der Waals surface area contributed by atoms with E-state index in [1.165, 1.54) is 12.3 Å². The zero-order valence-electron chi connectivity index (χ0n) is 12.3. The van der Waals surface area contributed by atoms with Gasteiger partial charge in [-0.3, -0.25) is 9.59 Å². The molecule has 0 aromatic carbocycles. The molecule has 6 heteroatoms. The molecular formula is C15H20N2O4. The quantitative estimate of drug-likeness (QED) is 0.844. The molecule has 1 aliphatic heterocycles. The molecule has 1 saturated heterocycles. The van der Waals surface area contributed by atoms with Crippen molar-refractivity contribution in [1.82, 2.24) is 9.88 Å². The molecule has 1 N–H and O–H groups in total. The molecule has 0 spiro atoms. The average molecular weight is 292 g/mol. The van der Waals surface area contributed by atoms with Gasteiger partial charge in [-0.05, 0) is 24.3 Å². The fourth-order valence-corrected chi connectivity index (χ4v) is 2.74. The normalized spacial score (nSPS) is 21.9. The van der Waals surface area contributed by atoms with Crippen LogP contribution in [-0.2, 0) is 9.53 Å². The van der Waals surface area contributed by atoms with Gasteiger partial charge in [0.2, 0.25) is 5.56 Å². The van der Waals surface area contributed by atoms with Gasteiger partial charge in [0.25, 0.3) is 5.91 Å². The van der Waals surface area contributed by atoms with Gasteiger partial charge in [0, 0.05) is 25.4 Å². The van der Waals surface area contributed by atoms with Crippen LogP contribution < -0.4 is 5.56 Å². The van der Waals surface area contributed by atoms with E-state index < -0.39 is 5.97 Å². The first-order valence-electron chi connectivity index (χ1n) is 7.09. The lowest BCUT2D eigenvalue weighted by Crippen LogP contribution is -2.44. The summed E-state index contributed by atoms with van der Waals surface area (Å²) in [7, 11) is 0. The number of rotatable bonds is 3. The number of ether oxygens (including phenoxy) is 1. The standard InChI is InChI=1S/C15H20N2O4/c1-10-5-11(2)8-17(7-10)14(19)9-21-15(20)12-3-4-16-13(18)6-12/h3-4,6,10-11H,5,7-9H2,1-2H3,(H,16,18)/t10-,11-/m1/s1. The van der Waals surface area contributed by atoms with Gasteiger partial charge in [0.1, 0.15) is 0 Å². The first kappa shape index (κ1) is 15.3. The SMILES string of the molecule is C[C@@H]1C[C@@H](C)CN(C(=O)COC(=O)c2cc[nH]c(=O)c2)C1. The number of hydrogen-bond acceptors (Lipinski definition) is 4. The number of carbonyl (C=O) groups is 2. The number of H-pyrrole nitrogens is 1. The molecule has 1 fully saturated rings. The van der Waals surface area contributed by atoms with Crippen LogP contribution in [0.15, 0.2) is 23.1 Å². The van der Waals surface area contributed by atoms with Gasteiger partial charge >= 0.3 is 5.97 Å². The maximum absolute atomic E-state index is 12.1. The summed E-state index contributed by atoms with van der Waals surface area (Å²) in [5.41, 5.74) is -0.235. The summed E-state index contributed by atoms with van der Waals surface area (Å²) >= 11 is 0. The summed E-state index contributed by atoms with van der Waals surface area (Å²) in [5, 5.41) is 0. The van der Waals surface area contributed by atoms with Gasteiger partial charge in [-0.2, -0.15) is 0 Å². The highest BCUT2D eigenvalue weighted by Crippen LogP contribution is 2.20. The number of pyridine rings is 1. The van der Waals surface area contributed by atoms with Crippen LogP contribution in [0.5, 0.6) is 0 Å². The number of hydrogen-bond donors (Lipinski definition) is 1. The summed E-state index contributed by atoms with van der Waals surface area (Å²) in [5.74, 6) is 0.0707. The highest BCUT2D eigenvalue weighted by atomic mass is 16.5. The summed E-state index contributed by atoms with van der Waals surface area (Å²) < 4.78 is 4.99. The van der Waals surface area contributed by atoms with Crippen molar-refractivity contribution in [3.8, 4) is 0 Å². The number of nitrogens with zero attached hydrogens (tertiary/aromatic N) is 1. The number of nitrogens with one attached hydrogen (secondary N) is 1. The van der Waals surface area contributed by atoms with E-state index in [0.29, 0.717) is 24.9 Å². The van der Waals surface area contributed by atoms with E-state index in [0.717, 1.165) is 12.5 Å². The largest absolute Gasteiger partial charge is 0.452 e. The molecule has 0 radical (unpaired) electrons. The van der Waals surface area contributed by atoms with E-state index in [4.69, 9.17) is 4.74 Å². The molecule has 0 aliphatic carbocycles. The first-order chi connectivity index (χ1) is 9.95. The van der Waals surface area contributed by atoms with E-state index in [-0.39, 0.29) is 23.6 Å². The van der Waals surface area contributed by atoms with Gasteiger partial charge in [0.15, 0.2) is 6.61 Å². The summed E-state index contributed by atoms with van der Waals surface area (Å²) in [6.07, 6.45) is 2.48. The fraction of sp³-hybridized carbons (Fsp3) is 0.533. The molecule has 1 aromatic rings. The molecule has 0 saturated carbocycles. The second-order valence-corrected chi connectivity index (χ2v) is 5.76. The Morgan fingerprint density at radius 2 is 2.00 bits per heavy atom. The number of piperidine rings is 1. The van der Waals surface area contributed by atoms with Crippen molar-refractivity contribution in [2.75, 3.05) is 19.7 Å². The molecule has 6 nitrogen and oxygen atoms in total. The van der Waals surface area contributed by atoms with Crippen LogP contribution in [0.1, 0.15) is 30.6 Å². The second kappa shape index (κ2) is 6.56. The lowest BCUT2D eigenvalue weighted by Gasteiger charge is -2.34. The minimum absolute atomic E-state index is 0.145. The Hall–Kier alpha value is -2.11. The van der Waals surface area contributed by atoms with Crippen molar-refractivity contribution < 1.29 is 14.3 Å². The number of carbonyl (C=O) groups excluding carboxylic acids is 2. The van der Waals surface area contributed by atoms with Crippen LogP contribution in [-0.4, -0.2) is 41.5 Å². The predicted molar refractivity (Wildman–Crippen MR) is 76.9 cm³/mol. The zero-order chi connectivity index (χ0) is 15.4. The van der Waals surface area contributed by atoms with Crippen molar-refractivity contribution in [1.29, 1.82) is 0 Å². The molecule has 1 aromatic heterocycles. The molecule has 1 amide bonds. The van der Waals surface area contributed by atoms with Gasteiger partial charge in [-0.15, -0.1) is 0 Å². The van der Waals surface area contributed by atoms with Crippen LogP contribution in [0.2, 0.25) is 0 Å². The van der Waals surface area contributed by atoms with E-state index in [9.17, 15) is 14.4 Å². The number of amides is 1. The predicted octanol–water partition coefficient (Wildman–Crippen LogP) is 1.04. The van der Waals surface area contributed by atoms with Crippen molar-refractivity contribution in [2.45, 2.75) is 20.3 Å². The number of aromatic nitrogens is 1. The van der Waals surface area contributed by atoms with Crippen molar-refractivity contribution >= 4 is 11.9 Å². The zero-order valence-corrected chi connectivity index (χ0v) is 12.3. The summed E-state index contributed by atoms with van der Waals surface area (Å²) in [4.78, 5) is 39.1. The van der Waals surface area contributed by atoms with E-state index >= 15 is 0 Å². The molecule has 21 heavy (non-hydrogen) atoms. The van der Waals surface area contributed by atoms with Gasteiger partial charge < -0.3 is 14.6 Å². The Bertz CT molecular complexity index is 571. The van der Waals surface area contributed by atoms with Crippen LogP contribution >= 0.6 is 0 Å². The van der Waals surface area contributed by atoms with Crippen molar-refractivity contribution in [3.05, 3.63) is 34.2 Å². The monoisotopic (exact) mass is 292 g/mol. The number of likely N-dealkylation sites (tertiary alicyclic amines) is 1. The van der Waals surface area contributed by atoms with Crippen molar-refractivity contribution in [2.24, 2.45) is 11.8 Å². The maximum atomic E-state index is 12.1. The van der Waals surface area contributed by atoms with E-state index in [1.807, 2.05) is 0 Å². The third kappa shape index (κ3) is 4.18. The highest BCUT2D eigenvalue weighted by Gasteiger charge is 2.26. The van der Waals surface area contributed by atoms with Crippen LogP contribution in [0.3, 0.4) is 0 Å². The van der Waals surface area contributed by atoms with Crippen molar-refractivity contribution in [3.63, 3.8) is 0 Å². The lowest BCUT2D eigenvalue weighted by atomic mass is 9.92. The van der Waals surface area contributed by atoms with E-state index in [1.54, 1.807) is 4.90 Å². The molecule has 114 valence electrons. The molecule has 1 aliphatic rings. The summed E-state index contributed by atoms with van der Waals surface area (Å²) in [6, 6.07) is 2.59. The lowest BCUT2D eigenvalue weighted by molar-refractivity contribution is -0.137. The Balaban J connectivity index is 1.89. The number of aromatic amines is 1. The van der Waals surface area contributed by atoms with Gasteiger partial charge in [-0.1, -0.05) is 13.8 Å². The molecule has 2 atom stereocenters. The third-order valence-corrected chi connectivity index (χ3v) is 3.56. The molecular weight excluding hydrogens is 272 g/mol.